The number of nitrogens with one attached hydrogen (secondary N) is 1. The molecule has 34 heavy (non-hydrogen) atoms. The van der Waals surface area contributed by atoms with Crippen LogP contribution in [-0.2, 0) is 6.42 Å². The average Bonchev–Trinajstić information content (AvgIpc) is 3.18. The van der Waals surface area contributed by atoms with Crippen molar-refractivity contribution in [2.24, 2.45) is 5.73 Å². The van der Waals surface area contributed by atoms with Crippen LogP contribution in [0.3, 0.4) is 0 Å². The summed E-state index contributed by atoms with van der Waals surface area (Å²) < 4.78 is 2.00. The van der Waals surface area contributed by atoms with E-state index < -0.39 is 0 Å². The third kappa shape index (κ3) is 8.24. The second kappa shape index (κ2) is 14.5. The topological polar surface area (TPSA) is 85.3 Å². The second-order valence-electron chi connectivity index (χ2n) is 9.17. The summed E-state index contributed by atoms with van der Waals surface area (Å²) in [5.41, 5.74) is 8.47. The number of carbonyl (C=O) groups is 1. The number of carbonyl (C=O) groups excluding carboxylic acids is 1. The number of aromatic nitrogens is 3. The highest BCUT2D eigenvalue weighted by Crippen LogP contribution is 2.17. The first-order chi connectivity index (χ1) is 16.7. The smallest absolute Gasteiger partial charge is 0.162 e. The largest absolute Gasteiger partial charge is 0.369 e. The van der Waals surface area contributed by atoms with Crippen LogP contribution < -0.4 is 11.1 Å². The Morgan fingerprint density at radius 2 is 1.59 bits per heavy atom. The number of ketones is 1. The molecule has 0 atom stereocenters. The van der Waals surface area contributed by atoms with Crippen molar-refractivity contribution in [1.82, 2.24) is 14.6 Å². The normalized spacial score (nSPS) is 11.2. The molecular weight excluding hydrogens is 422 g/mol. The summed E-state index contributed by atoms with van der Waals surface area (Å²) in [5.74, 6) is 2.18. The van der Waals surface area contributed by atoms with E-state index in [2.05, 4.69) is 17.4 Å². The van der Waals surface area contributed by atoms with Gasteiger partial charge in [0.2, 0.25) is 0 Å². The van der Waals surface area contributed by atoms with E-state index in [1.807, 2.05) is 41.8 Å². The number of hydrogen-bond donors (Lipinski definition) is 2. The second-order valence-corrected chi connectivity index (χ2v) is 9.17. The predicted octanol–water partition coefficient (Wildman–Crippen LogP) is 6.12. The number of nitrogens with two attached hydrogens (primary N) is 1. The van der Waals surface area contributed by atoms with Crippen molar-refractivity contribution in [2.75, 3.05) is 18.4 Å². The lowest BCUT2D eigenvalue weighted by atomic mass is 10.0. The van der Waals surface area contributed by atoms with Gasteiger partial charge in [0.15, 0.2) is 5.78 Å². The molecule has 3 aromatic rings. The lowest BCUT2D eigenvalue weighted by Crippen LogP contribution is -2.07. The number of anilines is 1. The molecule has 0 aliphatic carbocycles. The van der Waals surface area contributed by atoms with E-state index in [1.54, 1.807) is 0 Å². The number of benzene rings is 1. The Kier molecular flexibility index (Phi) is 11.0. The highest BCUT2D eigenvalue weighted by molar-refractivity contribution is 5.95. The van der Waals surface area contributed by atoms with Gasteiger partial charge in [0.1, 0.15) is 11.6 Å². The predicted molar refractivity (Wildman–Crippen MR) is 141 cm³/mol. The fourth-order valence-electron chi connectivity index (χ4n) is 4.33. The van der Waals surface area contributed by atoms with Crippen molar-refractivity contribution >= 4 is 17.1 Å². The molecule has 1 aromatic carbocycles. The first kappa shape index (κ1) is 25.9. The first-order valence-corrected chi connectivity index (χ1v) is 13.1. The van der Waals surface area contributed by atoms with Gasteiger partial charge in [0.05, 0.1) is 11.2 Å². The SMILES string of the molecule is Cc1nc(CCCCCCC(=O)c2ccccc2)n2nc(NCCCCCCCCN)ccc12. The molecule has 3 N–H and O–H groups in total. The molecule has 0 saturated carbocycles. The molecule has 0 bridgehead atoms. The molecule has 2 heterocycles. The number of hydrogen-bond acceptors (Lipinski definition) is 5. The molecule has 0 radical (unpaired) electrons. The van der Waals surface area contributed by atoms with Crippen LogP contribution in [0.4, 0.5) is 5.82 Å². The molecule has 0 aliphatic heterocycles. The lowest BCUT2D eigenvalue weighted by Gasteiger charge is -2.07. The molecule has 6 heteroatoms. The number of Topliss-reactive ketones (excluding diaryl/α,β-unsaturated/α-hetero) is 1. The molecule has 0 spiro atoms. The van der Waals surface area contributed by atoms with Crippen LogP contribution >= 0.6 is 0 Å². The zero-order valence-corrected chi connectivity index (χ0v) is 20.8. The van der Waals surface area contributed by atoms with Gasteiger partial charge in [-0.1, -0.05) is 68.9 Å². The monoisotopic (exact) mass is 463 g/mol. The van der Waals surface area contributed by atoms with Crippen LogP contribution in [0.15, 0.2) is 42.5 Å². The summed E-state index contributed by atoms with van der Waals surface area (Å²) in [6, 6.07) is 13.8. The summed E-state index contributed by atoms with van der Waals surface area (Å²) in [5, 5.41) is 8.28. The van der Waals surface area contributed by atoms with E-state index in [0.717, 1.165) is 86.5 Å². The molecule has 6 nitrogen and oxygen atoms in total. The van der Waals surface area contributed by atoms with Crippen LogP contribution in [-0.4, -0.2) is 33.5 Å². The molecule has 0 unspecified atom stereocenters. The summed E-state index contributed by atoms with van der Waals surface area (Å²) >= 11 is 0. The van der Waals surface area contributed by atoms with E-state index in [0.29, 0.717) is 6.42 Å². The number of aryl methyl sites for hydroxylation is 2. The molecule has 0 saturated heterocycles. The molecule has 3 rings (SSSR count). The maximum Gasteiger partial charge on any atom is 0.162 e. The van der Waals surface area contributed by atoms with Gasteiger partial charge in [-0.2, -0.15) is 0 Å². The van der Waals surface area contributed by atoms with Crippen molar-refractivity contribution in [1.29, 1.82) is 0 Å². The summed E-state index contributed by atoms with van der Waals surface area (Å²) in [7, 11) is 0. The van der Waals surface area contributed by atoms with Crippen LogP contribution in [0.5, 0.6) is 0 Å². The van der Waals surface area contributed by atoms with E-state index in [-0.39, 0.29) is 5.78 Å². The van der Waals surface area contributed by atoms with Gasteiger partial charge in [0, 0.05) is 24.9 Å². The van der Waals surface area contributed by atoms with E-state index >= 15 is 0 Å². The third-order valence-corrected chi connectivity index (χ3v) is 6.33. The highest BCUT2D eigenvalue weighted by Gasteiger charge is 2.10. The average molecular weight is 464 g/mol. The zero-order valence-electron chi connectivity index (χ0n) is 20.8. The molecule has 2 aromatic heterocycles. The minimum atomic E-state index is 0.242. The van der Waals surface area contributed by atoms with Gasteiger partial charge in [-0.05, 0) is 51.3 Å². The van der Waals surface area contributed by atoms with Crippen LogP contribution in [0.1, 0.15) is 92.5 Å². The fourth-order valence-corrected chi connectivity index (χ4v) is 4.33. The Balaban J connectivity index is 1.38. The minimum Gasteiger partial charge on any atom is -0.369 e. The van der Waals surface area contributed by atoms with Gasteiger partial charge in [-0.3, -0.25) is 4.79 Å². The lowest BCUT2D eigenvalue weighted by molar-refractivity contribution is 0.0979. The van der Waals surface area contributed by atoms with Crippen molar-refractivity contribution < 1.29 is 4.79 Å². The maximum atomic E-state index is 12.2. The van der Waals surface area contributed by atoms with Crippen molar-refractivity contribution in [3.63, 3.8) is 0 Å². The molecule has 0 aliphatic rings. The maximum absolute atomic E-state index is 12.2. The van der Waals surface area contributed by atoms with Gasteiger partial charge in [0.25, 0.3) is 0 Å². The fraction of sp³-hybridized carbons (Fsp3) is 0.536. The van der Waals surface area contributed by atoms with Gasteiger partial charge >= 0.3 is 0 Å². The van der Waals surface area contributed by atoms with Crippen LogP contribution in [0, 0.1) is 6.92 Å². The Labute approximate surface area is 204 Å². The number of unbranched alkanes of at least 4 members (excludes halogenated alkanes) is 8. The Morgan fingerprint density at radius 1 is 0.882 bits per heavy atom. The van der Waals surface area contributed by atoms with Crippen molar-refractivity contribution in [3.8, 4) is 0 Å². The quantitative estimate of drug-likeness (QED) is 0.186. The van der Waals surface area contributed by atoms with Crippen LogP contribution in [0.2, 0.25) is 0 Å². The van der Waals surface area contributed by atoms with Crippen molar-refractivity contribution in [3.05, 3.63) is 59.5 Å². The summed E-state index contributed by atoms with van der Waals surface area (Å²) in [6.07, 6.45) is 13.0. The molecular formula is C28H41N5O. The Morgan fingerprint density at radius 3 is 2.38 bits per heavy atom. The van der Waals surface area contributed by atoms with Gasteiger partial charge in [-0.25, -0.2) is 9.50 Å². The zero-order chi connectivity index (χ0) is 24.0. The Hall–Kier alpha value is -2.73. The summed E-state index contributed by atoms with van der Waals surface area (Å²) in [6.45, 7) is 3.80. The van der Waals surface area contributed by atoms with Crippen molar-refractivity contribution in [2.45, 2.75) is 84.0 Å². The molecule has 184 valence electrons. The van der Waals surface area contributed by atoms with Gasteiger partial charge < -0.3 is 11.1 Å². The van der Waals surface area contributed by atoms with Gasteiger partial charge in [-0.15, -0.1) is 5.10 Å². The number of rotatable bonds is 17. The molecule has 0 amide bonds. The highest BCUT2D eigenvalue weighted by atomic mass is 16.1. The number of nitrogens with zero attached hydrogens (tertiary/aromatic N) is 3. The van der Waals surface area contributed by atoms with E-state index in [9.17, 15) is 4.79 Å². The first-order valence-electron chi connectivity index (χ1n) is 13.1. The summed E-state index contributed by atoms with van der Waals surface area (Å²) in [4.78, 5) is 17.0. The standard InChI is InChI=1S/C28H41N5O/c1-23-25-19-20-27(30-22-14-7-3-2-6-13-21-29)32-33(25)28(31-23)18-12-5-4-11-17-26(34)24-15-9-8-10-16-24/h8-10,15-16,19-20H,2-7,11-14,17-18,21-22,29H2,1H3,(H,30,32). The number of fused-ring (bicyclic) bond motifs is 1. The minimum absolute atomic E-state index is 0.242. The van der Waals surface area contributed by atoms with Crippen LogP contribution in [0.25, 0.3) is 5.52 Å². The van der Waals surface area contributed by atoms with E-state index in [1.165, 1.54) is 25.7 Å². The third-order valence-electron chi connectivity index (χ3n) is 6.33. The Bertz CT molecular complexity index is 999. The number of imidazole rings is 1. The molecule has 0 fully saturated rings. The van der Waals surface area contributed by atoms with E-state index in [4.69, 9.17) is 15.8 Å².